The molecule has 0 radical (unpaired) electrons. The summed E-state index contributed by atoms with van der Waals surface area (Å²) < 4.78 is 30.4. The largest absolute Gasteiger partial charge is 0.479 e. The highest BCUT2D eigenvalue weighted by atomic mass is 19.1. The number of carboxylic acid groups (broad SMARTS) is 1. The number of esters is 1. The molecule has 0 aliphatic carbocycles. The van der Waals surface area contributed by atoms with Crippen molar-refractivity contribution < 1.29 is 28.2 Å². The molecular weight excluding hydrogens is 236 g/mol. The molecule has 1 rings (SSSR count). The van der Waals surface area contributed by atoms with Gasteiger partial charge in [0, 0.05) is 6.07 Å². The van der Waals surface area contributed by atoms with Gasteiger partial charge in [0.1, 0.15) is 11.6 Å². The number of aliphatic carboxylic acids is 1. The average Bonchev–Trinajstić information content (AvgIpc) is 2.22. The number of hydrogen-bond donors (Lipinski definition) is 2. The number of carbonyl (C=O) groups is 2. The zero-order chi connectivity index (χ0) is 13.2. The van der Waals surface area contributed by atoms with E-state index < -0.39 is 40.9 Å². The van der Waals surface area contributed by atoms with E-state index in [0.29, 0.717) is 6.07 Å². The Kier molecular flexibility index (Phi) is 3.62. The maximum Gasteiger partial charge on any atom is 0.344 e. The van der Waals surface area contributed by atoms with Crippen molar-refractivity contribution in [1.82, 2.24) is 0 Å². The van der Waals surface area contributed by atoms with Crippen LogP contribution in [-0.4, -0.2) is 23.1 Å². The lowest BCUT2D eigenvalue weighted by molar-refractivity contribution is -0.146. The zero-order valence-corrected chi connectivity index (χ0v) is 8.74. The van der Waals surface area contributed by atoms with E-state index in [1.165, 1.54) is 0 Å². The predicted octanol–water partition coefficient (Wildman–Crippen LogP) is 1.18. The van der Waals surface area contributed by atoms with E-state index in [1.54, 1.807) is 0 Å². The van der Waals surface area contributed by atoms with Gasteiger partial charge < -0.3 is 15.6 Å². The molecule has 0 aliphatic rings. The van der Waals surface area contributed by atoms with Crippen LogP contribution in [-0.2, 0) is 9.53 Å². The third-order valence-corrected chi connectivity index (χ3v) is 1.94. The van der Waals surface area contributed by atoms with Crippen LogP contribution in [0.2, 0.25) is 0 Å². The summed E-state index contributed by atoms with van der Waals surface area (Å²) in [6.07, 6.45) is -1.44. The van der Waals surface area contributed by atoms with Gasteiger partial charge in [-0.2, -0.15) is 0 Å². The van der Waals surface area contributed by atoms with Crippen molar-refractivity contribution in [3.8, 4) is 0 Å². The molecule has 1 aromatic rings. The second-order valence-corrected chi connectivity index (χ2v) is 3.24. The van der Waals surface area contributed by atoms with Crippen LogP contribution in [0.25, 0.3) is 0 Å². The summed E-state index contributed by atoms with van der Waals surface area (Å²) in [6.45, 7) is 1.10. The molecule has 0 spiro atoms. The summed E-state index contributed by atoms with van der Waals surface area (Å²) in [6, 6.07) is 1.18. The van der Waals surface area contributed by atoms with Crippen molar-refractivity contribution in [1.29, 1.82) is 0 Å². The van der Waals surface area contributed by atoms with Gasteiger partial charge >= 0.3 is 11.9 Å². The van der Waals surface area contributed by atoms with Gasteiger partial charge in [0.25, 0.3) is 0 Å². The van der Waals surface area contributed by atoms with E-state index in [-0.39, 0.29) is 0 Å². The van der Waals surface area contributed by atoms with Crippen LogP contribution in [0.1, 0.15) is 17.3 Å². The van der Waals surface area contributed by atoms with Crippen LogP contribution in [0, 0.1) is 11.6 Å². The monoisotopic (exact) mass is 245 g/mol. The number of carbonyl (C=O) groups excluding carboxylic acids is 1. The number of nitrogen functional groups attached to an aromatic ring is 1. The van der Waals surface area contributed by atoms with Crippen molar-refractivity contribution in [3.05, 3.63) is 29.3 Å². The van der Waals surface area contributed by atoms with E-state index in [1.807, 2.05) is 0 Å². The highest BCUT2D eigenvalue weighted by Crippen LogP contribution is 2.17. The Bertz CT molecular complexity index is 476. The number of ether oxygens (including phenoxy) is 1. The Morgan fingerprint density at radius 2 is 1.94 bits per heavy atom. The van der Waals surface area contributed by atoms with Gasteiger partial charge in [-0.1, -0.05) is 0 Å². The Labute approximate surface area is 94.8 Å². The summed E-state index contributed by atoms with van der Waals surface area (Å²) in [5.41, 5.74) is 4.11. The summed E-state index contributed by atoms with van der Waals surface area (Å²) in [5.74, 6) is -4.78. The predicted molar refractivity (Wildman–Crippen MR) is 53.3 cm³/mol. The van der Waals surface area contributed by atoms with Gasteiger partial charge in [0.2, 0.25) is 0 Å². The molecule has 0 amide bonds. The molecule has 5 nitrogen and oxygen atoms in total. The Morgan fingerprint density at radius 1 is 1.35 bits per heavy atom. The lowest BCUT2D eigenvalue weighted by Gasteiger charge is -2.09. The van der Waals surface area contributed by atoms with Crippen LogP contribution < -0.4 is 5.73 Å². The molecular formula is C10H9F2NO4. The summed E-state index contributed by atoms with van der Waals surface area (Å²) in [7, 11) is 0. The molecule has 17 heavy (non-hydrogen) atoms. The Hall–Kier alpha value is -2.18. The molecule has 7 heteroatoms. The van der Waals surface area contributed by atoms with E-state index in [9.17, 15) is 18.4 Å². The number of benzene rings is 1. The van der Waals surface area contributed by atoms with Gasteiger partial charge in [-0.25, -0.2) is 18.4 Å². The third kappa shape index (κ3) is 2.90. The molecule has 0 bridgehead atoms. The summed E-state index contributed by atoms with van der Waals surface area (Å²) >= 11 is 0. The van der Waals surface area contributed by atoms with Crippen molar-refractivity contribution in [2.45, 2.75) is 13.0 Å². The fourth-order valence-electron chi connectivity index (χ4n) is 0.997. The maximum absolute atomic E-state index is 13.2. The molecule has 0 saturated carbocycles. The minimum atomic E-state index is -1.44. The lowest BCUT2D eigenvalue weighted by atomic mass is 10.2. The quantitative estimate of drug-likeness (QED) is 0.616. The molecule has 3 N–H and O–H groups in total. The van der Waals surface area contributed by atoms with Crippen molar-refractivity contribution in [2.24, 2.45) is 0 Å². The number of nitrogens with two attached hydrogens (primary N) is 1. The first-order valence-electron chi connectivity index (χ1n) is 4.51. The lowest BCUT2D eigenvalue weighted by Crippen LogP contribution is -2.24. The number of rotatable bonds is 3. The third-order valence-electron chi connectivity index (χ3n) is 1.94. The van der Waals surface area contributed by atoms with E-state index in [2.05, 4.69) is 4.74 Å². The standard InChI is InChI=1S/C10H9F2NO4/c1-4(9(14)15)17-10(16)5-2-8(13)7(12)3-6(5)11/h2-4H,13H2,1H3,(H,14,15). The molecule has 0 aliphatic heterocycles. The first-order chi connectivity index (χ1) is 7.82. The minimum Gasteiger partial charge on any atom is -0.479 e. The molecule has 1 aromatic carbocycles. The Morgan fingerprint density at radius 3 is 2.47 bits per heavy atom. The van der Waals surface area contributed by atoms with Gasteiger partial charge in [-0.15, -0.1) is 0 Å². The molecule has 92 valence electrons. The van der Waals surface area contributed by atoms with Gasteiger partial charge in [0.05, 0.1) is 11.3 Å². The van der Waals surface area contributed by atoms with Crippen molar-refractivity contribution in [3.63, 3.8) is 0 Å². The fourth-order valence-corrected chi connectivity index (χ4v) is 0.997. The van der Waals surface area contributed by atoms with Gasteiger partial charge in [0.15, 0.2) is 6.10 Å². The zero-order valence-electron chi connectivity index (χ0n) is 8.74. The van der Waals surface area contributed by atoms with Crippen LogP contribution in [0.4, 0.5) is 14.5 Å². The highest BCUT2D eigenvalue weighted by Gasteiger charge is 2.21. The van der Waals surface area contributed by atoms with E-state index >= 15 is 0 Å². The SMILES string of the molecule is CC(OC(=O)c1cc(N)c(F)cc1F)C(=O)O. The van der Waals surface area contributed by atoms with Crippen LogP contribution in [0.15, 0.2) is 12.1 Å². The smallest absolute Gasteiger partial charge is 0.344 e. The average molecular weight is 245 g/mol. The second kappa shape index (κ2) is 4.77. The van der Waals surface area contributed by atoms with Crippen LogP contribution in [0.5, 0.6) is 0 Å². The minimum absolute atomic E-state index is 0.428. The van der Waals surface area contributed by atoms with Crippen LogP contribution in [0.3, 0.4) is 0 Å². The number of halogens is 2. The van der Waals surface area contributed by atoms with Gasteiger partial charge in [-0.3, -0.25) is 0 Å². The molecule has 0 fully saturated rings. The maximum atomic E-state index is 13.2. The molecule has 1 unspecified atom stereocenters. The first-order valence-corrected chi connectivity index (χ1v) is 4.51. The molecule has 0 aromatic heterocycles. The Balaban J connectivity index is 2.97. The summed E-state index contributed by atoms with van der Waals surface area (Å²) in [4.78, 5) is 21.8. The van der Waals surface area contributed by atoms with Crippen LogP contribution >= 0.6 is 0 Å². The van der Waals surface area contributed by atoms with Gasteiger partial charge in [-0.05, 0) is 13.0 Å². The second-order valence-electron chi connectivity index (χ2n) is 3.24. The normalized spacial score (nSPS) is 11.9. The van der Waals surface area contributed by atoms with E-state index in [4.69, 9.17) is 10.8 Å². The summed E-state index contributed by atoms with van der Waals surface area (Å²) in [5, 5.41) is 8.49. The number of carboxylic acids is 1. The molecule has 0 heterocycles. The topological polar surface area (TPSA) is 89.6 Å². The molecule has 1 atom stereocenters. The van der Waals surface area contributed by atoms with Crippen molar-refractivity contribution in [2.75, 3.05) is 5.73 Å². The number of hydrogen-bond acceptors (Lipinski definition) is 4. The first kappa shape index (κ1) is 12.9. The van der Waals surface area contributed by atoms with E-state index in [0.717, 1.165) is 13.0 Å². The highest BCUT2D eigenvalue weighted by molar-refractivity contribution is 5.92. The fraction of sp³-hybridized carbons (Fsp3) is 0.200. The van der Waals surface area contributed by atoms with Crippen molar-refractivity contribution >= 4 is 17.6 Å². The molecule has 0 saturated heterocycles. The number of anilines is 1.